The Hall–Kier alpha value is -2.28. The first-order valence-electron chi connectivity index (χ1n) is 10.7. The molecule has 3 heterocycles. The predicted octanol–water partition coefficient (Wildman–Crippen LogP) is 2.71. The van der Waals surface area contributed by atoms with Crippen molar-refractivity contribution in [3.05, 3.63) is 23.8 Å². The van der Waals surface area contributed by atoms with Crippen molar-refractivity contribution in [3.63, 3.8) is 0 Å². The maximum absolute atomic E-state index is 13.2. The molecule has 1 aromatic carbocycles. The molecular weight excluding hydrogens is 370 g/mol. The van der Waals surface area contributed by atoms with Crippen molar-refractivity contribution in [3.8, 4) is 5.75 Å². The van der Waals surface area contributed by atoms with Crippen LogP contribution < -0.4 is 15.0 Å². The first-order valence-corrected chi connectivity index (χ1v) is 10.7. The van der Waals surface area contributed by atoms with Gasteiger partial charge in [0, 0.05) is 32.2 Å². The third-order valence-corrected chi connectivity index (χ3v) is 6.07. The minimum absolute atomic E-state index is 0.00483. The van der Waals surface area contributed by atoms with E-state index in [-0.39, 0.29) is 30.1 Å². The first-order chi connectivity index (χ1) is 14.0. The van der Waals surface area contributed by atoms with Crippen LogP contribution in [0.25, 0.3) is 0 Å². The summed E-state index contributed by atoms with van der Waals surface area (Å²) in [6.45, 7) is 7.13. The smallest absolute Gasteiger partial charge is 0.324 e. The average Bonchev–Trinajstić information content (AvgIpc) is 3.25. The number of carbonyl (C=O) groups is 2. The lowest BCUT2D eigenvalue weighted by Gasteiger charge is -2.39. The van der Waals surface area contributed by atoms with E-state index in [0.29, 0.717) is 39.0 Å². The third-order valence-electron chi connectivity index (χ3n) is 6.07. The van der Waals surface area contributed by atoms with E-state index in [1.54, 1.807) is 0 Å². The molecule has 1 aromatic rings. The standard InChI is InChI=1S/C22H31N3O4/c1-15-5-6-20-19(12-15)25(14-16(2)29-20)22(27)24-9-7-17(8-10-24)21(26)23-13-18-4-3-11-28-18/h5-6,12,16-18H,3-4,7-11,13-14H2,1-2H3,(H,23,26). The number of hydrogen-bond acceptors (Lipinski definition) is 4. The number of aryl methyl sites for hydroxylation is 1. The van der Waals surface area contributed by atoms with Gasteiger partial charge in [-0.3, -0.25) is 9.69 Å². The Balaban J connectivity index is 1.33. The molecule has 2 saturated heterocycles. The van der Waals surface area contributed by atoms with Crippen molar-refractivity contribution >= 4 is 17.6 Å². The van der Waals surface area contributed by atoms with Crippen LogP contribution in [0, 0.1) is 12.8 Å². The molecule has 7 heteroatoms. The molecule has 2 atom stereocenters. The number of hydrogen-bond donors (Lipinski definition) is 1. The van der Waals surface area contributed by atoms with E-state index in [1.165, 1.54) is 0 Å². The van der Waals surface area contributed by atoms with E-state index in [0.717, 1.165) is 36.4 Å². The summed E-state index contributed by atoms with van der Waals surface area (Å²) in [4.78, 5) is 29.4. The molecule has 29 heavy (non-hydrogen) atoms. The van der Waals surface area contributed by atoms with Crippen molar-refractivity contribution in [1.29, 1.82) is 0 Å². The molecule has 2 unspecified atom stereocenters. The fourth-order valence-electron chi connectivity index (χ4n) is 4.40. The zero-order chi connectivity index (χ0) is 20.4. The van der Waals surface area contributed by atoms with Crippen molar-refractivity contribution in [2.75, 3.05) is 37.7 Å². The zero-order valence-electron chi connectivity index (χ0n) is 17.4. The molecule has 0 bridgehead atoms. The van der Waals surface area contributed by atoms with Crippen LogP contribution >= 0.6 is 0 Å². The Morgan fingerprint density at radius 1 is 1.21 bits per heavy atom. The van der Waals surface area contributed by atoms with Crippen molar-refractivity contribution in [2.45, 2.75) is 51.7 Å². The van der Waals surface area contributed by atoms with Crippen molar-refractivity contribution in [2.24, 2.45) is 5.92 Å². The normalized spacial score (nSPS) is 24.8. The van der Waals surface area contributed by atoms with E-state index in [1.807, 2.05) is 41.8 Å². The van der Waals surface area contributed by atoms with Gasteiger partial charge in [-0.2, -0.15) is 0 Å². The fourth-order valence-corrected chi connectivity index (χ4v) is 4.40. The van der Waals surface area contributed by atoms with Crippen LogP contribution in [0.2, 0.25) is 0 Å². The number of carbonyl (C=O) groups excluding carboxylic acids is 2. The summed E-state index contributed by atoms with van der Waals surface area (Å²) in [5.74, 6) is 0.818. The summed E-state index contributed by atoms with van der Waals surface area (Å²) < 4.78 is 11.5. The monoisotopic (exact) mass is 401 g/mol. The van der Waals surface area contributed by atoms with Gasteiger partial charge in [-0.1, -0.05) is 6.07 Å². The molecule has 0 spiro atoms. The highest BCUT2D eigenvalue weighted by atomic mass is 16.5. The number of nitrogens with one attached hydrogen (secondary N) is 1. The Bertz CT molecular complexity index is 754. The van der Waals surface area contributed by atoms with E-state index >= 15 is 0 Å². The van der Waals surface area contributed by atoms with Gasteiger partial charge in [0.2, 0.25) is 5.91 Å². The van der Waals surface area contributed by atoms with E-state index in [9.17, 15) is 9.59 Å². The van der Waals surface area contributed by atoms with Gasteiger partial charge in [0.25, 0.3) is 0 Å². The molecule has 3 amide bonds. The van der Waals surface area contributed by atoms with Crippen LogP contribution in [0.1, 0.15) is 38.2 Å². The summed E-state index contributed by atoms with van der Waals surface area (Å²) in [7, 11) is 0. The summed E-state index contributed by atoms with van der Waals surface area (Å²) in [5.41, 5.74) is 1.94. The quantitative estimate of drug-likeness (QED) is 0.845. The third kappa shape index (κ3) is 4.50. The molecule has 4 rings (SSSR count). The molecular formula is C22H31N3O4. The fraction of sp³-hybridized carbons (Fsp3) is 0.636. The number of urea groups is 1. The maximum atomic E-state index is 13.2. The van der Waals surface area contributed by atoms with Gasteiger partial charge in [-0.05, 0) is 57.2 Å². The molecule has 1 N–H and O–H groups in total. The SMILES string of the molecule is Cc1ccc2c(c1)N(C(=O)N1CCC(C(=O)NCC3CCCO3)CC1)CC(C)O2. The van der Waals surface area contributed by atoms with Gasteiger partial charge >= 0.3 is 6.03 Å². The predicted molar refractivity (Wildman–Crippen MR) is 110 cm³/mol. The summed E-state index contributed by atoms with van der Waals surface area (Å²) in [6.07, 6.45) is 3.60. The zero-order valence-corrected chi connectivity index (χ0v) is 17.4. The number of likely N-dealkylation sites (tertiary alicyclic amines) is 1. The molecule has 0 aliphatic carbocycles. The minimum atomic E-state index is -0.0460. The van der Waals surface area contributed by atoms with Crippen LogP contribution in [-0.4, -0.2) is 61.8 Å². The lowest BCUT2D eigenvalue weighted by molar-refractivity contribution is -0.126. The number of amides is 3. The number of benzene rings is 1. The largest absolute Gasteiger partial charge is 0.487 e. The van der Waals surface area contributed by atoms with E-state index in [4.69, 9.17) is 9.47 Å². The highest BCUT2D eigenvalue weighted by molar-refractivity contribution is 5.94. The molecule has 7 nitrogen and oxygen atoms in total. The second-order valence-electron chi connectivity index (χ2n) is 8.43. The number of rotatable bonds is 3. The van der Waals surface area contributed by atoms with Crippen molar-refractivity contribution < 1.29 is 19.1 Å². The van der Waals surface area contributed by atoms with E-state index < -0.39 is 0 Å². The average molecular weight is 402 g/mol. The van der Waals surface area contributed by atoms with Crippen molar-refractivity contribution in [1.82, 2.24) is 10.2 Å². The van der Waals surface area contributed by atoms with Crippen LogP contribution in [0.5, 0.6) is 5.75 Å². The highest BCUT2D eigenvalue weighted by Gasteiger charge is 2.34. The van der Waals surface area contributed by atoms with Gasteiger partial charge in [0.1, 0.15) is 11.9 Å². The molecule has 0 aromatic heterocycles. The van der Waals surface area contributed by atoms with Gasteiger partial charge in [0.15, 0.2) is 0 Å². The van der Waals surface area contributed by atoms with Crippen LogP contribution in [0.15, 0.2) is 18.2 Å². The number of fused-ring (bicyclic) bond motifs is 1. The Kier molecular flexibility index (Phi) is 5.94. The molecule has 158 valence electrons. The summed E-state index contributed by atoms with van der Waals surface area (Å²) in [6, 6.07) is 5.95. The topological polar surface area (TPSA) is 71.1 Å². The number of nitrogens with zero attached hydrogens (tertiary/aromatic N) is 2. The number of piperidine rings is 1. The highest BCUT2D eigenvalue weighted by Crippen LogP contribution is 2.35. The summed E-state index contributed by atoms with van der Waals surface area (Å²) >= 11 is 0. The summed E-state index contributed by atoms with van der Waals surface area (Å²) in [5, 5.41) is 3.03. The Morgan fingerprint density at radius 3 is 2.72 bits per heavy atom. The van der Waals surface area contributed by atoms with Crippen LogP contribution in [-0.2, 0) is 9.53 Å². The van der Waals surface area contributed by atoms with Gasteiger partial charge in [-0.25, -0.2) is 4.79 Å². The lowest BCUT2D eigenvalue weighted by atomic mass is 9.96. The number of anilines is 1. The first kappa shape index (κ1) is 20.0. The van der Waals surface area contributed by atoms with Gasteiger partial charge in [0.05, 0.1) is 18.3 Å². The molecule has 3 aliphatic rings. The molecule has 2 fully saturated rings. The molecule has 3 aliphatic heterocycles. The van der Waals surface area contributed by atoms with E-state index in [2.05, 4.69) is 5.32 Å². The van der Waals surface area contributed by atoms with Crippen LogP contribution in [0.3, 0.4) is 0 Å². The van der Waals surface area contributed by atoms with Gasteiger partial charge in [-0.15, -0.1) is 0 Å². The lowest BCUT2D eigenvalue weighted by Crippen LogP contribution is -2.52. The maximum Gasteiger partial charge on any atom is 0.324 e. The second kappa shape index (κ2) is 8.61. The van der Waals surface area contributed by atoms with Crippen LogP contribution in [0.4, 0.5) is 10.5 Å². The Morgan fingerprint density at radius 2 is 2.00 bits per heavy atom. The van der Waals surface area contributed by atoms with Gasteiger partial charge < -0.3 is 19.7 Å². The Labute approximate surface area is 172 Å². The second-order valence-corrected chi connectivity index (χ2v) is 8.43. The minimum Gasteiger partial charge on any atom is -0.487 e. The molecule has 0 radical (unpaired) electrons. The number of ether oxygens (including phenoxy) is 2. The molecule has 0 saturated carbocycles.